The van der Waals surface area contributed by atoms with Gasteiger partial charge in [-0.05, 0) is 46.7 Å². The number of nitrogens with zero attached hydrogens (tertiary/aromatic N) is 1. The van der Waals surface area contributed by atoms with Crippen molar-refractivity contribution in [3.8, 4) is 0 Å². The molecule has 0 atom stereocenters. The molecular weight excluding hydrogens is 432 g/mol. The second kappa shape index (κ2) is 24.9. The summed E-state index contributed by atoms with van der Waals surface area (Å²) in [6, 6.07) is 0. The maximum absolute atomic E-state index is 12.0. The van der Waals surface area contributed by atoms with Gasteiger partial charge in [0.2, 0.25) is 0 Å². The summed E-state index contributed by atoms with van der Waals surface area (Å²) in [4.78, 5) is 14.5. The normalized spacial score (nSPS) is 11.8. The molecule has 0 bridgehead atoms. The number of ether oxygens (including phenoxy) is 1. The predicted molar refractivity (Wildman–Crippen MR) is 154 cm³/mol. The van der Waals surface area contributed by atoms with Gasteiger partial charge >= 0.3 is 6.09 Å². The van der Waals surface area contributed by atoms with E-state index in [2.05, 4.69) is 24.1 Å². The lowest BCUT2D eigenvalue weighted by Crippen LogP contribution is -2.38. The molecule has 0 fully saturated rings. The van der Waals surface area contributed by atoms with Crippen molar-refractivity contribution in [2.24, 2.45) is 0 Å². The standard InChI is InChI=1S/C31H64N2O2/c1-6-8-10-12-14-16-18-20-22-24-27-33(29-26-32-30(34)35-31(3,4)5)28-25-23-21-19-17-15-13-11-9-7-2/h6-29H2,1-5H3,(H,32,34). The minimum absolute atomic E-state index is 0.296. The Morgan fingerprint density at radius 3 is 1.26 bits per heavy atom. The molecule has 1 N–H and O–H groups in total. The Bertz CT molecular complexity index is 424. The number of carbonyl (C=O) groups is 1. The van der Waals surface area contributed by atoms with E-state index in [1.54, 1.807) is 0 Å². The van der Waals surface area contributed by atoms with E-state index in [1.807, 2.05) is 20.8 Å². The molecule has 0 aliphatic carbocycles. The van der Waals surface area contributed by atoms with Crippen molar-refractivity contribution < 1.29 is 9.53 Å². The third kappa shape index (κ3) is 27.7. The van der Waals surface area contributed by atoms with E-state index in [9.17, 15) is 4.79 Å². The number of amides is 1. The first-order valence-electron chi connectivity index (χ1n) is 15.6. The highest BCUT2D eigenvalue weighted by Crippen LogP contribution is 2.13. The first-order chi connectivity index (χ1) is 16.9. The molecule has 0 spiro atoms. The van der Waals surface area contributed by atoms with Gasteiger partial charge in [-0.25, -0.2) is 4.79 Å². The maximum Gasteiger partial charge on any atom is 0.407 e. The van der Waals surface area contributed by atoms with Crippen LogP contribution in [0.5, 0.6) is 0 Å². The molecule has 0 rings (SSSR count). The average Bonchev–Trinajstić information content (AvgIpc) is 2.79. The monoisotopic (exact) mass is 496 g/mol. The Morgan fingerprint density at radius 2 is 0.914 bits per heavy atom. The number of nitrogens with one attached hydrogen (secondary N) is 1. The van der Waals surface area contributed by atoms with E-state index in [0.717, 1.165) is 19.6 Å². The van der Waals surface area contributed by atoms with Crippen LogP contribution in [0.4, 0.5) is 4.79 Å². The molecule has 0 aliphatic rings. The zero-order valence-corrected chi connectivity index (χ0v) is 24.7. The molecule has 0 aromatic carbocycles. The summed E-state index contributed by atoms with van der Waals surface area (Å²) in [5.74, 6) is 0. The number of carbonyl (C=O) groups excluding carboxylic acids is 1. The molecule has 4 heteroatoms. The van der Waals surface area contributed by atoms with Crippen LogP contribution >= 0.6 is 0 Å². The quantitative estimate of drug-likeness (QED) is 0.128. The minimum atomic E-state index is -0.435. The number of hydrogen-bond acceptors (Lipinski definition) is 3. The Morgan fingerprint density at radius 1 is 0.571 bits per heavy atom. The van der Waals surface area contributed by atoms with Crippen LogP contribution in [0.25, 0.3) is 0 Å². The van der Waals surface area contributed by atoms with Crippen molar-refractivity contribution in [1.29, 1.82) is 0 Å². The molecule has 0 saturated carbocycles. The molecule has 0 saturated heterocycles. The van der Waals surface area contributed by atoms with Crippen LogP contribution in [0.3, 0.4) is 0 Å². The predicted octanol–water partition coefficient (Wildman–Crippen LogP) is 9.65. The summed E-state index contributed by atoms with van der Waals surface area (Å²) in [7, 11) is 0. The fraction of sp³-hybridized carbons (Fsp3) is 0.968. The molecule has 1 amide bonds. The smallest absolute Gasteiger partial charge is 0.407 e. The summed E-state index contributed by atoms with van der Waals surface area (Å²) in [6.45, 7) is 14.2. The van der Waals surface area contributed by atoms with E-state index in [-0.39, 0.29) is 6.09 Å². The van der Waals surface area contributed by atoms with Crippen molar-refractivity contribution in [3.05, 3.63) is 0 Å². The number of alkyl carbamates (subject to hydrolysis) is 1. The van der Waals surface area contributed by atoms with Gasteiger partial charge in [0.25, 0.3) is 0 Å². The van der Waals surface area contributed by atoms with E-state index in [0.29, 0.717) is 6.54 Å². The van der Waals surface area contributed by atoms with Gasteiger partial charge in [0.05, 0.1) is 0 Å². The van der Waals surface area contributed by atoms with Gasteiger partial charge in [0, 0.05) is 13.1 Å². The highest BCUT2D eigenvalue weighted by atomic mass is 16.6. The molecule has 0 aromatic rings. The summed E-state index contributed by atoms with van der Waals surface area (Å²) in [5, 5.41) is 2.95. The van der Waals surface area contributed by atoms with Gasteiger partial charge in [0.1, 0.15) is 5.60 Å². The van der Waals surface area contributed by atoms with E-state index in [4.69, 9.17) is 4.74 Å². The van der Waals surface area contributed by atoms with Crippen molar-refractivity contribution in [2.45, 2.75) is 169 Å². The van der Waals surface area contributed by atoms with E-state index in [1.165, 1.54) is 128 Å². The van der Waals surface area contributed by atoms with Crippen LogP contribution in [0.15, 0.2) is 0 Å². The molecule has 210 valence electrons. The van der Waals surface area contributed by atoms with Gasteiger partial charge in [-0.2, -0.15) is 0 Å². The van der Waals surface area contributed by atoms with Gasteiger partial charge in [-0.15, -0.1) is 0 Å². The molecule has 0 radical (unpaired) electrons. The lowest BCUT2D eigenvalue weighted by Gasteiger charge is -2.24. The van der Waals surface area contributed by atoms with E-state index < -0.39 is 5.60 Å². The molecule has 0 unspecified atom stereocenters. The summed E-state index contributed by atoms with van der Waals surface area (Å²) >= 11 is 0. The number of unbranched alkanes of at least 4 members (excludes halogenated alkanes) is 18. The first-order valence-corrected chi connectivity index (χ1v) is 15.6. The van der Waals surface area contributed by atoms with Crippen LogP contribution in [-0.4, -0.2) is 42.8 Å². The number of rotatable bonds is 25. The third-order valence-corrected chi connectivity index (χ3v) is 6.75. The molecule has 35 heavy (non-hydrogen) atoms. The van der Waals surface area contributed by atoms with Crippen LogP contribution in [0, 0.1) is 0 Å². The zero-order valence-electron chi connectivity index (χ0n) is 24.7. The van der Waals surface area contributed by atoms with Gasteiger partial charge in [-0.1, -0.05) is 129 Å². The molecule has 4 nitrogen and oxygen atoms in total. The second-order valence-electron chi connectivity index (χ2n) is 11.6. The molecular formula is C31H64N2O2. The van der Waals surface area contributed by atoms with E-state index >= 15 is 0 Å². The lowest BCUT2D eigenvalue weighted by atomic mass is 10.1. The van der Waals surface area contributed by atoms with Crippen LogP contribution in [0.2, 0.25) is 0 Å². The van der Waals surface area contributed by atoms with Crippen molar-refractivity contribution in [2.75, 3.05) is 26.2 Å². The summed E-state index contributed by atoms with van der Waals surface area (Å²) in [6.07, 6.45) is 27.3. The summed E-state index contributed by atoms with van der Waals surface area (Å²) in [5.41, 5.74) is -0.435. The van der Waals surface area contributed by atoms with Gasteiger partial charge < -0.3 is 15.0 Å². The average molecular weight is 497 g/mol. The Kier molecular flexibility index (Phi) is 24.4. The second-order valence-corrected chi connectivity index (χ2v) is 11.6. The SMILES string of the molecule is CCCCCCCCCCCCN(CCCCCCCCCCCC)CCNC(=O)OC(C)(C)C. The first kappa shape index (κ1) is 34.2. The van der Waals surface area contributed by atoms with Crippen LogP contribution in [0.1, 0.15) is 163 Å². The molecule has 0 aromatic heterocycles. The van der Waals surface area contributed by atoms with Crippen LogP contribution in [-0.2, 0) is 4.74 Å². The molecule has 0 aliphatic heterocycles. The Balaban J connectivity index is 4.02. The van der Waals surface area contributed by atoms with Crippen molar-refractivity contribution in [3.63, 3.8) is 0 Å². The molecule has 0 heterocycles. The Labute approximate surface area is 220 Å². The highest BCUT2D eigenvalue weighted by Gasteiger charge is 2.16. The maximum atomic E-state index is 12.0. The van der Waals surface area contributed by atoms with Gasteiger partial charge in [0.15, 0.2) is 0 Å². The summed E-state index contributed by atoms with van der Waals surface area (Å²) < 4.78 is 5.38. The fourth-order valence-electron chi connectivity index (χ4n) is 4.61. The van der Waals surface area contributed by atoms with Gasteiger partial charge in [-0.3, -0.25) is 0 Å². The largest absolute Gasteiger partial charge is 0.444 e. The Hall–Kier alpha value is -0.770. The third-order valence-electron chi connectivity index (χ3n) is 6.75. The van der Waals surface area contributed by atoms with Crippen molar-refractivity contribution in [1.82, 2.24) is 10.2 Å². The van der Waals surface area contributed by atoms with Crippen molar-refractivity contribution >= 4 is 6.09 Å². The minimum Gasteiger partial charge on any atom is -0.444 e. The zero-order chi connectivity index (χ0) is 26.0. The topological polar surface area (TPSA) is 41.6 Å². The lowest BCUT2D eigenvalue weighted by molar-refractivity contribution is 0.0522. The highest BCUT2D eigenvalue weighted by molar-refractivity contribution is 5.67. The number of hydrogen-bond donors (Lipinski definition) is 1. The fourth-order valence-corrected chi connectivity index (χ4v) is 4.61. The van der Waals surface area contributed by atoms with Crippen LogP contribution < -0.4 is 5.32 Å².